The Bertz CT molecular complexity index is 794. The van der Waals surface area contributed by atoms with Crippen LogP contribution in [0, 0.1) is 30.9 Å². The monoisotopic (exact) mass is 363 g/mol. The van der Waals surface area contributed by atoms with E-state index in [2.05, 4.69) is 15.3 Å². The highest BCUT2D eigenvalue weighted by Gasteiger charge is 2.18. The lowest BCUT2D eigenvalue weighted by Crippen LogP contribution is -2.21. The number of nitrogens with zero attached hydrogens (tertiary/aromatic N) is 2. The van der Waals surface area contributed by atoms with Gasteiger partial charge < -0.3 is 10.1 Å². The number of hydrogen-bond donors (Lipinski definition) is 1. The van der Waals surface area contributed by atoms with Gasteiger partial charge in [-0.1, -0.05) is 26.8 Å². The fraction of sp³-hybridized carbons (Fsp3) is 0.421. The van der Waals surface area contributed by atoms with Gasteiger partial charge in [-0.25, -0.2) is 8.78 Å². The predicted octanol–water partition coefficient (Wildman–Crippen LogP) is 4.33. The Kier molecular flexibility index (Phi) is 5.90. The van der Waals surface area contributed by atoms with E-state index in [1.807, 2.05) is 20.8 Å². The fourth-order valence-electron chi connectivity index (χ4n) is 2.37. The Hall–Kier alpha value is -2.57. The molecular weight excluding hydrogens is 340 g/mol. The molecule has 26 heavy (non-hydrogen) atoms. The summed E-state index contributed by atoms with van der Waals surface area (Å²) in [4.78, 5) is 20.6. The topological polar surface area (TPSA) is 64.1 Å². The molecule has 1 heterocycles. The molecular formula is C19H23F2N3O2. The minimum absolute atomic E-state index is 0.00576. The van der Waals surface area contributed by atoms with Crippen LogP contribution in [0.3, 0.4) is 0 Å². The molecule has 0 aliphatic rings. The summed E-state index contributed by atoms with van der Waals surface area (Å²) in [6.45, 7) is 9.44. The summed E-state index contributed by atoms with van der Waals surface area (Å²) in [7, 11) is 0. The summed E-state index contributed by atoms with van der Waals surface area (Å²) < 4.78 is 31.6. The second-order valence-electron chi connectivity index (χ2n) is 7.37. The van der Waals surface area contributed by atoms with Crippen molar-refractivity contribution < 1.29 is 18.3 Å². The van der Waals surface area contributed by atoms with Crippen LogP contribution >= 0.6 is 0 Å². The molecule has 7 heteroatoms. The molecule has 140 valence electrons. The van der Waals surface area contributed by atoms with E-state index in [1.165, 1.54) is 6.07 Å². The molecule has 0 aliphatic carbocycles. The van der Waals surface area contributed by atoms with Crippen molar-refractivity contribution in [2.45, 2.75) is 47.6 Å². The zero-order valence-corrected chi connectivity index (χ0v) is 15.6. The quantitative estimate of drug-likeness (QED) is 0.859. The number of carbonyl (C=O) groups excluding carboxylic acids is 1. The maximum atomic E-state index is 13.2. The number of ether oxygens (including phenoxy) is 1. The van der Waals surface area contributed by atoms with E-state index in [1.54, 1.807) is 13.8 Å². The van der Waals surface area contributed by atoms with Crippen LogP contribution < -0.4 is 10.1 Å². The van der Waals surface area contributed by atoms with Crippen molar-refractivity contribution in [3.05, 3.63) is 46.8 Å². The Morgan fingerprint density at radius 1 is 1.12 bits per heavy atom. The number of aryl methyl sites for hydroxylation is 2. The number of halogens is 2. The highest BCUT2D eigenvalue weighted by molar-refractivity contribution is 5.92. The molecule has 0 spiro atoms. The summed E-state index contributed by atoms with van der Waals surface area (Å²) in [6.07, 6.45) is 0.375. The van der Waals surface area contributed by atoms with Crippen LogP contribution in [0.4, 0.5) is 14.5 Å². The molecule has 1 N–H and O–H groups in total. The van der Waals surface area contributed by atoms with Gasteiger partial charge in [0.1, 0.15) is 6.61 Å². The number of anilines is 1. The first-order valence-electron chi connectivity index (χ1n) is 8.27. The summed E-state index contributed by atoms with van der Waals surface area (Å²) in [5.41, 5.74) is 2.03. The Morgan fingerprint density at radius 3 is 2.27 bits per heavy atom. The Labute approximate surface area is 151 Å². The SMILES string of the molecule is Cc1nc(OCc2ccc(F)c(F)c2)nc(C)c1NC(=O)CC(C)(C)C. The molecule has 1 aromatic heterocycles. The van der Waals surface area contributed by atoms with Crippen LogP contribution in [0.25, 0.3) is 0 Å². The number of aromatic nitrogens is 2. The van der Waals surface area contributed by atoms with E-state index in [0.29, 0.717) is 29.1 Å². The van der Waals surface area contributed by atoms with E-state index in [4.69, 9.17) is 4.74 Å². The normalized spacial score (nSPS) is 11.3. The number of rotatable bonds is 5. The highest BCUT2D eigenvalue weighted by Crippen LogP contribution is 2.23. The maximum Gasteiger partial charge on any atom is 0.317 e. The zero-order chi connectivity index (χ0) is 19.5. The van der Waals surface area contributed by atoms with Crippen molar-refractivity contribution >= 4 is 11.6 Å². The van der Waals surface area contributed by atoms with Crippen molar-refractivity contribution in [3.63, 3.8) is 0 Å². The zero-order valence-electron chi connectivity index (χ0n) is 15.6. The van der Waals surface area contributed by atoms with Gasteiger partial charge >= 0.3 is 6.01 Å². The Morgan fingerprint density at radius 2 is 1.73 bits per heavy atom. The molecule has 2 rings (SSSR count). The van der Waals surface area contributed by atoms with Crippen LogP contribution in [0.1, 0.15) is 44.1 Å². The average molecular weight is 363 g/mol. The summed E-state index contributed by atoms with van der Waals surface area (Å²) in [5, 5.41) is 2.84. The number of hydrogen-bond acceptors (Lipinski definition) is 4. The van der Waals surface area contributed by atoms with Crippen LogP contribution in [0.5, 0.6) is 6.01 Å². The van der Waals surface area contributed by atoms with Crippen LogP contribution in [-0.2, 0) is 11.4 Å². The van der Waals surface area contributed by atoms with Gasteiger partial charge in [-0.3, -0.25) is 4.79 Å². The number of amides is 1. The maximum absolute atomic E-state index is 13.2. The van der Waals surface area contributed by atoms with Crippen molar-refractivity contribution in [1.29, 1.82) is 0 Å². The van der Waals surface area contributed by atoms with Crippen molar-refractivity contribution in [2.24, 2.45) is 5.41 Å². The minimum atomic E-state index is -0.934. The largest absolute Gasteiger partial charge is 0.459 e. The molecule has 0 aliphatic heterocycles. The third kappa shape index (κ3) is 5.47. The van der Waals surface area contributed by atoms with E-state index in [0.717, 1.165) is 12.1 Å². The third-order valence-corrected chi connectivity index (χ3v) is 3.56. The lowest BCUT2D eigenvalue weighted by atomic mass is 9.92. The first-order chi connectivity index (χ1) is 12.0. The molecule has 0 fully saturated rings. The number of nitrogens with one attached hydrogen (secondary N) is 1. The summed E-state index contributed by atoms with van der Waals surface area (Å²) in [6, 6.07) is 3.65. The number of benzene rings is 1. The van der Waals surface area contributed by atoms with Gasteiger partial charge in [-0.05, 0) is 37.0 Å². The van der Waals surface area contributed by atoms with Crippen molar-refractivity contribution in [2.75, 3.05) is 5.32 Å². The highest BCUT2D eigenvalue weighted by atomic mass is 19.2. The molecule has 0 atom stereocenters. The standard InChI is InChI=1S/C19H23F2N3O2/c1-11-17(24-16(25)9-19(3,4)5)12(2)23-18(22-11)26-10-13-6-7-14(20)15(21)8-13/h6-8H,9-10H2,1-5H3,(H,24,25). The van der Waals surface area contributed by atoms with Gasteiger partial charge in [-0.15, -0.1) is 0 Å². The Balaban J connectivity index is 2.08. The second-order valence-corrected chi connectivity index (χ2v) is 7.37. The molecule has 0 unspecified atom stereocenters. The molecule has 0 saturated carbocycles. The lowest BCUT2D eigenvalue weighted by molar-refractivity contribution is -0.117. The van der Waals surface area contributed by atoms with E-state index >= 15 is 0 Å². The van der Waals surface area contributed by atoms with Gasteiger partial charge in [0.05, 0.1) is 17.1 Å². The second kappa shape index (κ2) is 7.76. The minimum Gasteiger partial charge on any atom is -0.459 e. The van der Waals surface area contributed by atoms with Crippen molar-refractivity contribution in [1.82, 2.24) is 9.97 Å². The summed E-state index contributed by atoms with van der Waals surface area (Å²) >= 11 is 0. The fourth-order valence-corrected chi connectivity index (χ4v) is 2.37. The molecule has 0 bridgehead atoms. The predicted molar refractivity (Wildman–Crippen MR) is 94.9 cm³/mol. The van der Waals surface area contributed by atoms with Crippen LogP contribution in [-0.4, -0.2) is 15.9 Å². The molecule has 1 amide bonds. The lowest BCUT2D eigenvalue weighted by Gasteiger charge is -2.18. The van der Waals surface area contributed by atoms with Gasteiger partial charge in [0.25, 0.3) is 0 Å². The first-order valence-corrected chi connectivity index (χ1v) is 8.27. The summed E-state index contributed by atoms with van der Waals surface area (Å²) in [5.74, 6) is -1.95. The van der Waals surface area contributed by atoms with Gasteiger partial charge in [-0.2, -0.15) is 9.97 Å². The van der Waals surface area contributed by atoms with Crippen molar-refractivity contribution in [3.8, 4) is 6.01 Å². The number of carbonyl (C=O) groups is 1. The van der Waals surface area contributed by atoms with Gasteiger partial charge in [0.2, 0.25) is 5.91 Å². The third-order valence-electron chi connectivity index (χ3n) is 3.56. The smallest absolute Gasteiger partial charge is 0.317 e. The van der Waals surface area contributed by atoms with E-state index in [9.17, 15) is 13.6 Å². The van der Waals surface area contributed by atoms with Gasteiger partial charge in [0, 0.05) is 6.42 Å². The molecule has 0 saturated heterocycles. The molecule has 1 aromatic carbocycles. The van der Waals surface area contributed by atoms with Crippen LogP contribution in [0.15, 0.2) is 18.2 Å². The van der Waals surface area contributed by atoms with E-state index < -0.39 is 11.6 Å². The van der Waals surface area contributed by atoms with E-state index in [-0.39, 0.29) is 23.9 Å². The van der Waals surface area contributed by atoms with Gasteiger partial charge in [0.15, 0.2) is 11.6 Å². The van der Waals surface area contributed by atoms with Crippen LogP contribution in [0.2, 0.25) is 0 Å². The molecule has 0 radical (unpaired) electrons. The first kappa shape index (κ1) is 19.8. The molecule has 5 nitrogen and oxygen atoms in total. The average Bonchev–Trinajstić information content (AvgIpc) is 2.50. The molecule has 2 aromatic rings.